The van der Waals surface area contributed by atoms with Gasteiger partial charge >= 0.3 is 0 Å². The molecule has 3 rings (SSSR count). The predicted octanol–water partition coefficient (Wildman–Crippen LogP) is 3.14. The number of pyridine rings is 1. The van der Waals surface area contributed by atoms with Gasteiger partial charge in [0.15, 0.2) is 0 Å². The number of aromatic nitrogens is 1. The van der Waals surface area contributed by atoms with Gasteiger partial charge in [-0.2, -0.15) is 4.31 Å². The normalized spacial score (nSPS) is 15.4. The number of ether oxygens (including phenoxy) is 1. The lowest BCUT2D eigenvalue weighted by Crippen LogP contribution is -2.40. The quantitative estimate of drug-likeness (QED) is 0.664. The number of sulfonamides is 1. The van der Waals surface area contributed by atoms with E-state index in [0.717, 1.165) is 0 Å². The third-order valence-electron chi connectivity index (χ3n) is 3.89. The van der Waals surface area contributed by atoms with Crippen molar-refractivity contribution in [3.8, 4) is 0 Å². The van der Waals surface area contributed by atoms with Gasteiger partial charge in [-0.3, -0.25) is 4.79 Å². The van der Waals surface area contributed by atoms with E-state index in [2.05, 4.69) is 10.3 Å². The SMILES string of the molecule is O=C(CSc1ccc(S(=O)(=O)N2CCOCC2)cn1)Nc1cccc(Cl)c1Cl. The number of benzene rings is 1. The third kappa shape index (κ3) is 5.16. The molecule has 1 fully saturated rings. The van der Waals surface area contributed by atoms with E-state index in [1.54, 1.807) is 24.3 Å². The van der Waals surface area contributed by atoms with Crippen LogP contribution in [0.15, 0.2) is 46.5 Å². The van der Waals surface area contributed by atoms with Gasteiger partial charge in [-0.15, -0.1) is 0 Å². The molecule has 2 heterocycles. The standard InChI is InChI=1S/C17H17Cl2N3O4S2/c18-13-2-1-3-14(17(13)19)21-15(23)11-27-16-5-4-12(10-20-16)28(24,25)22-6-8-26-9-7-22/h1-5,10H,6-9,11H2,(H,21,23). The Kier molecular flexibility index (Phi) is 7.19. The van der Waals surface area contributed by atoms with E-state index in [9.17, 15) is 13.2 Å². The maximum atomic E-state index is 12.6. The second-order valence-corrected chi connectivity index (χ2v) is 9.51. The molecule has 1 amide bonds. The van der Waals surface area contributed by atoms with Crippen molar-refractivity contribution in [1.29, 1.82) is 0 Å². The van der Waals surface area contributed by atoms with Gasteiger partial charge < -0.3 is 10.1 Å². The maximum absolute atomic E-state index is 12.6. The fourth-order valence-corrected chi connectivity index (χ4v) is 4.81. The number of nitrogens with zero attached hydrogens (tertiary/aromatic N) is 2. The molecule has 0 aliphatic carbocycles. The second-order valence-electron chi connectivity index (χ2n) is 5.79. The summed E-state index contributed by atoms with van der Waals surface area (Å²) in [4.78, 5) is 16.4. The highest BCUT2D eigenvalue weighted by Crippen LogP contribution is 2.29. The molecule has 150 valence electrons. The topological polar surface area (TPSA) is 88.6 Å². The van der Waals surface area contributed by atoms with E-state index >= 15 is 0 Å². The highest BCUT2D eigenvalue weighted by molar-refractivity contribution is 7.99. The number of hydrogen-bond donors (Lipinski definition) is 1. The molecule has 0 bridgehead atoms. The number of rotatable bonds is 6. The molecule has 1 saturated heterocycles. The summed E-state index contributed by atoms with van der Waals surface area (Å²) < 4.78 is 31.7. The minimum absolute atomic E-state index is 0.0887. The van der Waals surface area contributed by atoms with Crippen LogP contribution in [0.2, 0.25) is 10.0 Å². The number of thioether (sulfide) groups is 1. The summed E-state index contributed by atoms with van der Waals surface area (Å²) in [6.45, 7) is 1.41. The Labute approximate surface area is 177 Å². The van der Waals surface area contributed by atoms with E-state index in [0.29, 0.717) is 42.0 Å². The molecule has 0 spiro atoms. The molecule has 0 radical (unpaired) electrons. The molecular formula is C17H17Cl2N3O4S2. The predicted molar refractivity (Wildman–Crippen MR) is 110 cm³/mol. The van der Waals surface area contributed by atoms with Crippen molar-refractivity contribution >= 4 is 56.6 Å². The van der Waals surface area contributed by atoms with Crippen molar-refractivity contribution in [2.24, 2.45) is 0 Å². The van der Waals surface area contributed by atoms with Gasteiger partial charge in [0.1, 0.15) is 4.90 Å². The second kappa shape index (κ2) is 9.43. The average Bonchev–Trinajstić information content (AvgIpc) is 2.71. The Morgan fingerprint density at radius 1 is 1.21 bits per heavy atom. The Morgan fingerprint density at radius 2 is 1.96 bits per heavy atom. The third-order valence-corrected chi connectivity index (χ3v) is 7.54. The number of morpholine rings is 1. The minimum Gasteiger partial charge on any atom is -0.379 e. The molecule has 7 nitrogen and oxygen atoms in total. The Bertz CT molecular complexity index is 949. The molecule has 11 heteroatoms. The first-order chi connectivity index (χ1) is 13.4. The largest absolute Gasteiger partial charge is 0.379 e. The first-order valence-corrected chi connectivity index (χ1v) is 11.5. The molecule has 0 unspecified atom stereocenters. The average molecular weight is 462 g/mol. The van der Waals surface area contributed by atoms with Crippen molar-refractivity contribution in [3.05, 3.63) is 46.6 Å². The zero-order chi connectivity index (χ0) is 20.1. The van der Waals surface area contributed by atoms with E-state index in [1.807, 2.05) is 0 Å². The van der Waals surface area contributed by atoms with Crippen molar-refractivity contribution in [2.75, 3.05) is 37.4 Å². The number of carbonyl (C=O) groups is 1. The summed E-state index contributed by atoms with van der Waals surface area (Å²) in [5.74, 6) is -0.188. The van der Waals surface area contributed by atoms with E-state index in [1.165, 1.54) is 28.3 Å². The van der Waals surface area contributed by atoms with Crippen LogP contribution in [0.25, 0.3) is 0 Å². The van der Waals surface area contributed by atoms with Crippen molar-refractivity contribution < 1.29 is 17.9 Å². The molecule has 1 aliphatic heterocycles. The van der Waals surface area contributed by atoms with E-state index in [4.69, 9.17) is 27.9 Å². The fraction of sp³-hybridized carbons (Fsp3) is 0.294. The van der Waals surface area contributed by atoms with Crippen LogP contribution in [0, 0.1) is 0 Å². The van der Waals surface area contributed by atoms with E-state index in [-0.39, 0.29) is 21.6 Å². The van der Waals surface area contributed by atoms with Gasteiger partial charge in [0.25, 0.3) is 0 Å². The van der Waals surface area contributed by atoms with Gasteiger partial charge in [0, 0.05) is 19.3 Å². The van der Waals surface area contributed by atoms with Gasteiger partial charge in [0.05, 0.1) is 39.7 Å². The summed E-state index contributed by atoms with van der Waals surface area (Å²) in [6.07, 6.45) is 1.30. The number of amides is 1. The highest BCUT2D eigenvalue weighted by Gasteiger charge is 2.26. The molecule has 1 aromatic heterocycles. The van der Waals surface area contributed by atoms with Crippen molar-refractivity contribution in [1.82, 2.24) is 9.29 Å². The molecule has 1 N–H and O–H groups in total. The Hall–Kier alpha value is -1.36. The first kappa shape index (κ1) is 21.4. The van der Waals surface area contributed by atoms with Crippen LogP contribution in [0.3, 0.4) is 0 Å². The lowest BCUT2D eigenvalue weighted by Gasteiger charge is -2.25. The number of carbonyl (C=O) groups excluding carboxylic acids is 1. The van der Waals surface area contributed by atoms with Crippen LogP contribution in [0.4, 0.5) is 5.69 Å². The minimum atomic E-state index is -3.58. The fourth-order valence-electron chi connectivity index (χ4n) is 2.47. The van der Waals surface area contributed by atoms with Gasteiger partial charge in [-0.25, -0.2) is 13.4 Å². The van der Waals surface area contributed by atoms with Crippen LogP contribution in [-0.4, -0.2) is 55.7 Å². The number of anilines is 1. The number of hydrogen-bond acceptors (Lipinski definition) is 6. The summed E-state index contributed by atoms with van der Waals surface area (Å²) in [7, 11) is -3.58. The number of halogens is 2. The highest BCUT2D eigenvalue weighted by atomic mass is 35.5. The van der Waals surface area contributed by atoms with Crippen LogP contribution >= 0.6 is 35.0 Å². The maximum Gasteiger partial charge on any atom is 0.244 e. The molecule has 28 heavy (non-hydrogen) atoms. The molecule has 1 aromatic carbocycles. The van der Waals surface area contributed by atoms with E-state index < -0.39 is 10.0 Å². The van der Waals surface area contributed by atoms with Gasteiger partial charge in [0.2, 0.25) is 15.9 Å². The molecule has 0 atom stereocenters. The van der Waals surface area contributed by atoms with Crippen LogP contribution in [-0.2, 0) is 19.6 Å². The molecular weight excluding hydrogens is 445 g/mol. The summed E-state index contributed by atoms with van der Waals surface area (Å²) in [5.41, 5.74) is 0.430. The molecule has 1 aliphatic rings. The van der Waals surface area contributed by atoms with Crippen LogP contribution < -0.4 is 5.32 Å². The lowest BCUT2D eigenvalue weighted by atomic mass is 10.3. The van der Waals surface area contributed by atoms with Gasteiger partial charge in [-0.1, -0.05) is 41.0 Å². The number of nitrogens with one attached hydrogen (secondary N) is 1. The monoisotopic (exact) mass is 461 g/mol. The van der Waals surface area contributed by atoms with Crippen LogP contribution in [0.5, 0.6) is 0 Å². The summed E-state index contributed by atoms with van der Waals surface area (Å²) in [6, 6.07) is 8.04. The smallest absolute Gasteiger partial charge is 0.244 e. The van der Waals surface area contributed by atoms with Gasteiger partial charge in [-0.05, 0) is 24.3 Å². The Balaban J connectivity index is 1.58. The van der Waals surface area contributed by atoms with Crippen molar-refractivity contribution in [3.63, 3.8) is 0 Å². The molecule has 0 saturated carbocycles. The Morgan fingerprint density at radius 3 is 2.64 bits per heavy atom. The molecule has 2 aromatic rings. The zero-order valence-electron chi connectivity index (χ0n) is 14.6. The first-order valence-electron chi connectivity index (χ1n) is 8.28. The summed E-state index contributed by atoms with van der Waals surface area (Å²) in [5, 5.41) is 3.85. The van der Waals surface area contributed by atoms with Crippen molar-refractivity contribution in [2.45, 2.75) is 9.92 Å². The summed E-state index contributed by atoms with van der Waals surface area (Å²) >= 11 is 13.1. The zero-order valence-corrected chi connectivity index (χ0v) is 17.7. The van der Waals surface area contributed by atoms with Crippen LogP contribution in [0.1, 0.15) is 0 Å². The lowest BCUT2D eigenvalue weighted by molar-refractivity contribution is -0.113.